The largest absolute Gasteiger partial charge is 0.550 e. The van der Waals surface area contributed by atoms with Crippen LogP contribution in [0.15, 0.2) is 188 Å². The summed E-state index contributed by atoms with van der Waals surface area (Å²) in [5.74, 6) is 0.630. The molecule has 490 valence electrons. The number of carbonyl (C=O) groups is 2. The third-order valence-corrected chi connectivity index (χ3v) is 32.3. The van der Waals surface area contributed by atoms with Gasteiger partial charge >= 0.3 is 5.97 Å². The first-order chi connectivity index (χ1) is 42.7. The topological polar surface area (TPSA) is 186 Å². The van der Waals surface area contributed by atoms with Gasteiger partial charge in [0.1, 0.15) is 0 Å². The van der Waals surface area contributed by atoms with E-state index in [0.29, 0.717) is 44.9 Å². The molecule has 0 radical (unpaired) electrons. The minimum absolute atomic E-state index is 0.0228. The van der Waals surface area contributed by atoms with E-state index in [0.717, 1.165) is 32.1 Å². The van der Waals surface area contributed by atoms with Gasteiger partial charge in [-0.25, -0.2) is 0 Å². The number of benzene rings is 5. The third-order valence-electron chi connectivity index (χ3n) is 19.1. The second-order valence-corrected chi connectivity index (χ2v) is 40.7. The van der Waals surface area contributed by atoms with Crippen molar-refractivity contribution >= 4 is 57.2 Å². The Morgan fingerprint density at radius 2 is 1.00 bits per heavy atom. The second kappa shape index (κ2) is 35.1. The lowest BCUT2D eigenvalue weighted by molar-refractivity contribution is -0.305. The molecule has 0 amide bonds. The Bertz CT molecular complexity index is 2950. The Morgan fingerprint density at radius 1 is 0.578 bits per heavy atom. The van der Waals surface area contributed by atoms with Crippen LogP contribution in [0.2, 0.25) is 36.3 Å². The fraction of sp³-hybridized carbons (Fsp3) is 0.487. The molecule has 5 aromatic rings. The van der Waals surface area contributed by atoms with Crippen LogP contribution in [0.5, 0.6) is 0 Å². The standard InChI is InChI=1S/C29H46O5Si.C24H38O4Si.C23H23O2P/c1-29(2,3)35(4,5)34-23(18-17-22-13-9-8-10-14-22)19-20-25-24(26(30)21-27(25)31)15-11-6-7-12-16-28(32)33;1-24(2,3)29(4,5)28-18(12-11-17-9-7-6-8-10-17)13-14-19-20-15-23(26)27-22(20)16-21(19)25;24-23(25)18-10-11-19-26(20-12-4-1-5-13-20,21-14-6-2-7-15-21)22-16-8-3-9-17-22/h6,8-11,13-14,19-20,23-27,30-31H,7,12,15-18,21H2,1-5H3,(H,32,33);6-10,13-14,18-23,25-26H,11-12,15-16H2,1-5H3;1-9,12-17,19H,10-11,18H2,(H,24,25)/p-1/b11-6-,20-19+;14-13+;/t23-,24+,25+,26-,27+;18-,19+,20+,21+,22-,23?;/m00./s1. The Balaban J connectivity index is 0.000000217. The highest BCUT2D eigenvalue weighted by Gasteiger charge is 2.48. The van der Waals surface area contributed by atoms with Crippen LogP contribution in [0.4, 0.5) is 0 Å². The van der Waals surface area contributed by atoms with Gasteiger partial charge in [0.05, 0.1) is 36.6 Å². The number of ether oxygens (including phenoxy) is 1. The van der Waals surface area contributed by atoms with Gasteiger partial charge in [-0.05, 0) is 146 Å². The fourth-order valence-electron chi connectivity index (χ4n) is 12.0. The van der Waals surface area contributed by atoms with E-state index in [-0.39, 0.29) is 64.9 Å². The van der Waals surface area contributed by atoms with E-state index in [4.69, 9.17) is 18.7 Å². The quantitative estimate of drug-likeness (QED) is 0.0146. The maximum absolute atomic E-state index is 10.8. The average molecular weight is 1280 g/mol. The van der Waals surface area contributed by atoms with Gasteiger partial charge in [0, 0.05) is 43.5 Å². The van der Waals surface area contributed by atoms with Crippen LogP contribution in [0.1, 0.15) is 130 Å². The number of carboxylic acids is 2. The van der Waals surface area contributed by atoms with Gasteiger partial charge in [-0.3, -0.25) is 4.79 Å². The van der Waals surface area contributed by atoms with Crippen LogP contribution in [0.3, 0.4) is 0 Å². The summed E-state index contributed by atoms with van der Waals surface area (Å²) in [5, 5.41) is 65.3. The lowest BCUT2D eigenvalue weighted by Gasteiger charge is -2.39. The number of rotatable bonds is 27. The number of hydrogen-bond donors (Lipinski definition) is 5. The summed E-state index contributed by atoms with van der Waals surface area (Å²) in [5.41, 5.74) is 2.60. The van der Waals surface area contributed by atoms with E-state index in [9.17, 15) is 35.1 Å². The lowest BCUT2D eigenvalue weighted by Crippen LogP contribution is -2.43. The van der Waals surface area contributed by atoms with Gasteiger partial charge in [-0.1, -0.05) is 235 Å². The zero-order valence-electron chi connectivity index (χ0n) is 55.4. The minimum atomic E-state index is -1.99. The number of carboxylic acid groups (broad SMARTS) is 2. The molecule has 0 spiro atoms. The molecular formula is C76H106O11PSi2-. The lowest BCUT2D eigenvalue weighted by atomic mass is 9.89. The molecule has 8 rings (SSSR count). The molecule has 1 saturated heterocycles. The number of fused-ring (bicyclic) bond motifs is 1. The van der Waals surface area contributed by atoms with Crippen LogP contribution in [-0.4, -0.2) is 103 Å². The third kappa shape index (κ3) is 22.2. The van der Waals surface area contributed by atoms with Crippen molar-refractivity contribution < 1.29 is 53.8 Å². The van der Waals surface area contributed by atoms with E-state index in [2.05, 4.69) is 219 Å². The molecule has 1 aliphatic heterocycles. The molecule has 11 atom stereocenters. The Labute approximate surface area is 541 Å². The van der Waals surface area contributed by atoms with E-state index in [1.54, 1.807) is 0 Å². The smallest absolute Gasteiger partial charge is 0.303 e. The molecule has 3 fully saturated rings. The molecule has 1 unspecified atom stereocenters. The molecule has 0 aromatic heterocycles. The van der Waals surface area contributed by atoms with Crippen molar-refractivity contribution in [1.82, 2.24) is 0 Å². The van der Waals surface area contributed by atoms with Crippen LogP contribution in [0, 0.1) is 23.7 Å². The number of aliphatic hydroxyl groups is 4. The average Bonchev–Trinajstić information content (AvgIpc) is 1.19. The van der Waals surface area contributed by atoms with E-state index in [1.165, 1.54) is 27.0 Å². The highest BCUT2D eigenvalue weighted by Crippen LogP contribution is 2.46. The first-order valence-electron chi connectivity index (χ1n) is 32.8. The summed E-state index contributed by atoms with van der Waals surface area (Å²) in [6.07, 6.45) is 19.1. The summed E-state index contributed by atoms with van der Waals surface area (Å²) >= 11 is 0. The molecule has 2 aliphatic carbocycles. The number of aliphatic hydroxyl groups excluding tert-OH is 4. The van der Waals surface area contributed by atoms with Gasteiger partial charge < -0.3 is 49.0 Å². The predicted octanol–water partition coefficient (Wildman–Crippen LogP) is 13.5. The van der Waals surface area contributed by atoms with Crippen molar-refractivity contribution in [3.8, 4) is 0 Å². The van der Waals surface area contributed by atoms with Crippen molar-refractivity contribution in [1.29, 1.82) is 0 Å². The van der Waals surface area contributed by atoms with E-state index >= 15 is 0 Å². The summed E-state index contributed by atoms with van der Waals surface area (Å²) in [4.78, 5) is 21.5. The number of unbranched alkanes of at least 4 members (excludes halogenated alkanes) is 2. The molecule has 11 nitrogen and oxygen atoms in total. The Hall–Kier alpha value is -5.29. The molecule has 14 heteroatoms. The van der Waals surface area contributed by atoms with Gasteiger partial charge in [-0.2, -0.15) is 0 Å². The maximum atomic E-state index is 10.8. The number of allylic oxidation sites excluding steroid dienone is 2. The minimum Gasteiger partial charge on any atom is -0.550 e. The van der Waals surface area contributed by atoms with Gasteiger partial charge in [0.25, 0.3) is 0 Å². The normalized spacial score (nSPS) is 22.8. The molecule has 1 heterocycles. The van der Waals surface area contributed by atoms with Crippen molar-refractivity contribution in [3.05, 3.63) is 199 Å². The van der Waals surface area contributed by atoms with E-state index < -0.39 is 60.1 Å². The monoisotopic (exact) mass is 1280 g/mol. The molecule has 5 aromatic carbocycles. The first-order valence-corrected chi connectivity index (χ1v) is 40.5. The summed E-state index contributed by atoms with van der Waals surface area (Å²) in [7, 11) is -3.90. The molecular weight excluding hydrogens is 1180 g/mol. The molecule has 0 bridgehead atoms. The van der Waals surface area contributed by atoms with Gasteiger partial charge in [0.2, 0.25) is 0 Å². The first kappa shape index (κ1) is 73.8. The molecule has 90 heavy (non-hydrogen) atoms. The SMILES string of the molecule is CC(C)(C)[Si](C)(C)O[C@H](/C=C/[C@@H]1[C@@H](C/C=C\CCCC(=O)O)[C@@H](O)C[C@H]1O)CCc1ccccc1.CC(C)(C)[Si](C)(C)O[C@H](/C=C/[C@@H]1[C@H]2CC(O)O[C@H]2C[C@H]1O)CCc1ccccc1.O=C([O-])CCCC=P(c1ccccc1)(c1ccccc1)c1ccccc1. The van der Waals surface area contributed by atoms with Gasteiger partial charge in [-0.15, -0.1) is 0 Å². The van der Waals surface area contributed by atoms with Crippen molar-refractivity contribution in [2.45, 2.75) is 211 Å². The van der Waals surface area contributed by atoms with Crippen LogP contribution < -0.4 is 21.0 Å². The Kier molecular flexibility index (Phi) is 28.8. The van der Waals surface area contributed by atoms with Crippen LogP contribution >= 0.6 is 6.89 Å². The Morgan fingerprint density at radius 3 is 1.43 bits per heavy atom. The van der Waals surface area contributed by atoms with Crippen molar-refractivity contribution in [2.24, 2.45) is 23.7 Å². The van der Waals surface area contributed by atoms with Crippen molar-refractivity contribution in [2.75, 3.05) is 0 Å². The molecule has 5 N–H and O–H groups in total. The summed E-state index contributed by atoms with van der Waals surface area (Å²) < 4.78 is 19.1. The van der Waals surface area contributed by atoms with Crippen molar-refractivity contribution in [3.63, 3.8) is 0 Å². The van der Waals surface area contributed by atoms with Gasteiger partial charge in [0.15, 0.2) is 22.9 Å². The number of hydrogen-bond acceptors (Lipinski definition) is 10. The van der Waals surface area contributed by atoms with E-state index in [1.807, 2.05) is 42.5 Å². The fourth-order valence-corrected chi connectivity index (χ4v) is 18.6. The molecule has 2 saturated carbocycles. The van der Waals surface area contributed by atoms with Crippen LogP contribution in [-0.2, 0) is 36.0 Å². The second-order valence-electron chi connectivity index (χ2n) is 27.8. The highest BCUT2D eigenvalue weighted by molar-refractivity contribution is 7.94. The summed E-state index contributed by atoms with van der Waals surface area (Å²) in [6, 6.07) is 52.6. The van der Waals surface area contributed by atoms with Crippen LogP contribution in [0.25, 0.3) is 0 Å². The maximum Gasteiger partial charge on any atom is 0.303 e. The zero-order chi connectivity index (χ0) is 65.5. The zero-order valence-corrected chi connectivity index (χ0v) is 58.3. The number of carbonyl (C=O) groups excluding carboxylic acids is 1. The predicted molar refractivity (Wildman–Crippen MR) is 374 cm³/mol. The summed E-state index contributed by atoms with van der Waals surface area (Å²) in [6.45, 7) is 20.7. The number of aliphatic carboxylic acids is 2. The highest BCUT2D eigenvalue weighted by atomic mass is 31.2. The number of aryl methyl sites for hydroxylation is 2. The molecule has 3 aliphatic rings.